The lowest BCUT2D eigenvalue weighted by atomic mass is 10.1. The molecule has 2 rings (SSSR count). The first-order valence-electron chi connectivity index (χ1n) is 5.37. The van der Waals surface area contributed by atoms with E-state index < -0.39 is 0 Å². The molecule has 1 aromatic rings. The number of carbonyl (C=O) groups is 1. The third-order valence-corrected chi connectivity index (χ3v) is 2.74. The normalized spacial score (nSPS) is 23.1. The molecule has 0 saturated carbocycles. The summed E-state index contributed by atoms with van der Waals surface area (Å²) in [5.74, 6) is -0.0253. The minimum absolute atomic E-state index is 0.0253. The fraction of sp³-hybridized carbons (Fsp3) is 0.545. The van der Waals surface area contributed by atoms with Crippen LogP contribution < -0.4 is 5.73 Å². The molecule has 88 valence electrons. The Balaban J connectivity index is 2.02. The van der Waals surface area contributed by atoms with Crippen molar-refractivity contribution < 1.29 is 13.9 Å². The van der Waals surface area contributed by atoms with Crippen LogP contribution >= 0.6 is 0 Å². The zero-order valence-corrected chi connectivity index (χ0v) is 9.26. The minimum Gasteiger partial charge on any atom is -0.472 e. The van der Waals surface area contributed by atoms with Gasteiger partial charge in [0.15, 0.2) is 0 Å². The molecule has 1 saturated heterocycles. The molecule has 0 spiro atoms. The van der Waals surface area contributed by atoms with Gasteiger partial charge in [0.05, 0.1) is 24.5 Å². The molecule has 0 radical (unpaired) electrons. The van der Waals surface area contributed by atoms with Gasteiger partial charge in [0.1, 0.15) is 6.26 Å². The highest BCUT2D eigenvalue weighted by molar-refractivity contribution is 5.93. The third kappa shape index (κ3) is 2.25. The van der Waals surface area contributed by atoms with Gasteiger partial charge >= 0.3 is 0 Å². The first-order valence-corrected chi connectivity index (χ1v) is 5.37. The van der Waals surface area contributed by atoms with Crippen LogP contribution in [0.4, 0.5) is 0 Å². The lowest BCUT2D eigenvalue weighted by Gasteiger charge is -2.34. The minimum atomic E-state index is -0.0791. The maximum absolute atomic E-state index is 12.0. The molecule has 1 aliphatic heterocycles. The Morgan fingerprint density at radius 3 is 3.12 bits per heavy atom. The van der Waals surface area contributed by atoms with E-state index in [1.807, 2.05) is 6.92 Å². The first kappa shape index (κ1) is 11.2. The molecule has 1 fully saturated rings. The van der Waals surface area contributed by atoms with Crippen LogP contribution in [0.25, 0.3) is 0 Å². The molecular formula is C11H16N2O3. The molecule has 2 N–H and O–H groups in total. The lowest BCUT2D eigenvalue weighted by molar-refractivity contribution is -0.0300. The number of hydrogen-bond acceptors (Lipinski definition) is 4. The Labute approximate surface area is 94.1 Å². The summed E-state index contributed by atoms with van der Waals surface area (Å²) in [4.78, 5) is 13.8. The smallest absolute Gasteiger partial charge is 0.257 e. The Morgan fingerprint density at radius 1 is 1.69 bits per heavy atom. The molecule has 16 heavy (non-hydrogen) atoms. The summed E-state index contributed by atoms with van der Waals surface area (Å²) in [6.45, 7) is 3.57. The molecule has 1 amide bonds. The fourth-order valence-electron chi connectivity index (χ4n) is 1.75. The maximum Gasteiger partial charge on any atom is 0.257 e. The molecule has 0 aromatic carbocycles. The summed E-state index contributed by atoms with van der Waals surface area (Å²) in [5.41, 5.74) is 6.34. The standard InChI is InChI=1S/C11H16N2O3/c1-8(12)10-6-13(3-5-16-10)11(14)9-2-4-15-7-9/h2,4,7-8,10H,3,5-6,12H2,1H3. The predicted octanol–water partition coefficient (Wildman–Crippen LogP) is 0.468. The van der Waals surface area contributed by atoms with Crippen LogP contribution in [0.15, 0.2) is 23.0 Å². The second-order valence-electron chi connectivity index (χ2n) is 4.03. The van der Waals surface area contributed by atoms with Crippen LogP contribution in [-0.4, -0.2) is 42.6 Å². The van der Waals surface area contributed by atoms with E-state index in [-0.39, 0.29) is 18.1 Å². The van der Waals surface area contributed by atoms with Gasteiger partial charge in [-0.3, -0.25) is 4.79 Å². The molecular weight excluding hydrogens is 208 g/mol. The number of morpholine rings is 1. The predicted molar refractivity (Wildman–Crippen MR) is 58.0 cm³/mol. The van der Waals surface area contributed by atoms with Crippen molar-refractivity contribution >= 4 is 5.91 Å². The monoisotopic (exact) mass is 224 g/mol. The average Bonchev–Trinajstić information content (AvgIpc) is 2.81. The van der Waals surface area contributed by atoms with Gasteiger partial charge in [-0.1, -0.05) is 0 Å². The van der Waals surface area contributed by atoms with Crippen molar-refractivity contribution in [1.82, 2.24) is 4.90 Å². The molecule has 0 aliphatic carbocycles. The van der Waals surface area contributed by atoms with Crippen LogP contribution in [0.1, 0.15) is 17.3 Å². The van der Waals surface area contributed by atoms with Crippen molar-refractivity contribution in [3.05, 3.63) is 24.2 Å². The Kier molecular flexibility index (Phi) is 3.26. The largest absolute Gasteiger partial charge is 0.472 e. The summed E-state index contributed by atoms with van der Waals surface area (Å²) in [6, 6.07) is 1.60. The quantitative estimate of drug-likeness (QED) is 0.792. The van der Waals surface area contributed by atoms with Gasteiger partial charge in [-0.25, -0.2) is 0 Å². The molecule has 5 heteroatoms. The zero-order valence-electron chi connectivity index (χ0n) is 9.26. The molecule has 5 nitrogen and oxygen atoms in total. The van der Waals surface area contributed by atoms with Crippen molar-refractivity contribution in [3.63, 3.8) is 0 Å². The van der Waals surface area contributed by atoms with E-state index in [0.717, 1.165) is 0 Å². The van der Waals surface area contributed by atoms with Crippen LogP contribution in [0.2, 0.25) is 0 Å². The lowest BCUT2D eigenvalue weighted by Crippen LogP contribution is -2.51. The summed E-state index contributed by atoms with van der Waals surface area (Å²) in [6.07, 6.45) is 2.87. The number of furan rings is 1. The van der Waals surface area contributed by atoms with Gasteiger partial charge in [-0.2, -0.15) is 0 Å². The van der Waals surface area contributed by atoms with E-state index in [1.165, 1.54) is 12.5 Å². The summed E-state index contributed by atoms with van der Waals surface area (Å²) < 4.78 is 10.4. The second kappa shape index (κ2) is 4.67. The number of nitrogens with two attached hydrogens (primary N) is 1. The summed E-state index contributed by atoms with van der Waals surface area (Å²) in [5, 5.41) is 0. The van der Waals surface area contributed by atoms with Crippen LogP contribution in [0.5, 0.6) is 0 Å². The van der Waals surface area contributed by atoms with Gasteiger partial charge in [-0.15, -0.1) is 0 Å². The van der Waals surface area contributed by atoms with Crippen molar-refractivity contribution in [1.29, 1.82) is 0 Å². The average molecular weight is 224 g/mol. The van der Waals surface area contributed by atoms with Crippen LogP contribution in [0, 0.1) is 0 Å². The van der Waals surface area contributed by atoms with Crippen LogP contribution in [-0.2, 0) is 4.74 Å². The molecule has 2 unspecified atom stereocenters. The molecule has 1 aromatic heterocycles. The fourth-order valence-corrected chi connectivity index (χ4v) is 1.75. The van der Waals surface area contributed by atoms with E-state index in [9.17, 15) is 4.79 Å². The van der Waals surface area contributed by atoms with Gasteiger partial charge < -0.3 is 19.8 Å². The van der Waals surface area contributed by atoms with E-state index >= 15 is 0 Å². The third-order valence-electron chi connectivity index (χ3n) is 2.74. The molecule has 1 aliphatic rings. The van der Waals surface area contributed by atoms with Crippen molar-refractivity contribution in [2.75, 3.05) is 19.7 Å². The van der Waals surface area contributed by atoms with Crippen LogP contribution in [0.3, 0.4) is 0 Å². The molecule has 2 heterocycles. The Bertz CT molecular complexity index is 348. The first-order chi connectivity index (χ1) is 7.68. The number of hydrogen-bond donors (Lipinski definition) is 1. The number of rotatable bonds is 2. The van der Waals surface area contributed by atoms with Gasteiger partial charge in [-0.05, 0) is 13.0 Å². The van der Waals surface area contributed by atoms with Gasteiger partial charge in [0.25, 0.3) is 5.91 Å². The molecule has 0 bridgehead atoms. The topological polar surface area (TPSA) is 68.7 Å². The summed E-state index contributed by atoms with van der Waals surface area (Å²) in [7, 11) is 0. The van der Waals surface area contributed by atoms with Gasteiger partial charge in [0.2, 0.25) is 0 Å². The zero-order chi connectivity index (χ0) is 11.5. The number of carbonyl (C=O) groups excluding carboxylic acids is 1. The maximum atomic E-state index is 12.0. The van der Waals surface area contributed by atoms with Gasteiger partial charge in [0, 0.05) is 19.1 Å². The van der Waals surface area contributed by atoms with E-state index in [4.69, 9.17) is 14.9 Å². The van der Waals surface area contributed by atoms with Crippen molar-refractivity contribution in [3.8, 4) is 0 Å². The van der Waals surface area contributed by atoms with Crippen molar-refractivity contribution in [2.45, 2.75) is 19.1 Å². The summed E-state index contributed by atoms with van der Waals surface area (Å²) >= 11 is 0. The SMILES string of the molecule is CC(N)C1CN(C(=O)c2ccoc2)CCO1. The highest BCUT2D eigenvalue weighted by Crippen LogP contribution is 2.12. The number of nitrogens with zero attached hydrogens (tertiary/aromatic N) is 1. The van der Waals surface area contributed by atoms with E-state index in [0.29, 0.717) is 25.3 Å². The molecule has 2 atom stereocenters. The number of amides is 1. The van der Waals surface area contributed by atoms with E-state index in [2.05, 4.69) is 0 Å². The Morgan fingerprint density at radius 2 is 2.50 bits per heavy atom. The second-order valence-corrected chi connectivity index (χ2v) is 4.03. The van der Waals surface area contributed by atoms with Crippen molar-refractivity contribution in [2.24, 2.45) is 5.73 Å². The number of ether oxygens (including phenoxy) is 1. The van der Waals surface area contributed by atoms with E-state index in [1.54, 1.807) is 11.0 Å². The highest BCUT2D eigenvalue weighted by atomic mass is 16.5. The highest BCUT2D eigenvalue weighted by Gasteiger charge is 2.27. The Hall–Kier alpha value is -1.33.